The Morgan fingerprint density at radius 3 is 1.87 bits per heavy atom. The number of halogens is 1. The standard InChI is InChI=1S/C13H26BrN/c14-12-10-8-6-4-2-1-3-5-7-9-11-13-15/h3,5H,1-2,4,6-13,15H2/b5-3-. The van der Waals surface area contributed by atoms with Crippen LogP contribution in [-0.2, 0) is 0 Å². The molecule has 0 amide bonds. The van der Waals surface area contributed by atoms with Gasteiger partial charge in [-0.15, -0.1) is 0 Å². The molecule has 0 aliphatic rings. The van der Waals surface area contributed by atoms with Crippen LogP contribution in [0.5, 0.6) is 0 Å². The average molecular weight is 276 g/mol. The van der Waals surface area contributed by atoms with Crippen LogP contribution in [0.1, 0.15) is 57.8 Å². The SMILES string of the molecule is NCCCC/C=C\CCCCCCCBr. The van der Waals surface area contributed by atoms with Gasteiger partial charge in [-0.2, -0.15) is 0 Å². The molecule has 0 aromatic heterocycles. The van der Waals surface area contributed by atoms with Crippen molar-refractivity contribution in [1.82, 2.24) is 0 Å². The van der Waals surface area contributed by atoms with Gasteiger partial charge < -0.3 is 5.73 Å². The molecule has 0 spiro atoms. The molecule has 0 saturated carbocycles. The maximum Gasteiger partial charge on any atom is 0.00313 e. The second-order valence-electron chi connectivity index (χ2n) is 4.00. The van der Waals surface area contributed by atoms with E-state index in [-0.39, 0.29) is 0 Å². The monoisotopic (exact) mass is 275 g/mol. The van der Waals surface area contributed by atoms with Gasteiger partial charge in [-0.25, -0.2) is 0 Å². The van der Waals surface area contributed by atoms with Crippen molar-refractivity contribution in [2.75, 3.05) is 11.9 Å². The molecule has 0 atom stereocenters. The van der Waals surface area contributed by atoms with E-state index in [1.54, 1.807) is 0 Å². The third-order valence-electron chi connectivity index (χ3n) is 2.50. The Kier molecular flexibility index (Phi) is 14.4. The summed E-state index contributed by atoms with van der Waals surface area (Å²) in [5.74, 6) is 0. The van der Waals surface area contributed by atoms with E-state index in [9.17, 15) is 0 Å². The molecule has 2 heteroatoms. The smallest absolute Gasteiger partial charge is 0.00313 e. The fourth-order valence-electron chi connectivity index (χ4n) is 1.53. The van der Waals surface area contributed by atoms with Gasteiger partial charge in [-0.05, 0) is 45.1 Å². The molecule has 0 aliphatic carbocycles. The van der Waals surface area contributed by atoms with Crippen LogP contribution in [0.4, 0.5) is 0 Å². The molecule has 0 rings (SSSR count). The van der Waals surface area contributed by atoms with E-state index < -0.39 is 0 Å². The van der Waals surface area contributed by atoms with E-state index in [2.05, 4.69) is 28.1 Å². The largest absolute Gasteiger partial charge is 0.330 e. The third-order valence-corrected chi connectivity index (χ3v) is 3.06. The quantitative estimate of drug-likeness (QED) is 0.338. The van der Waals surface area contributed by atoms with Crippen LogP contribution in [0.25, 0.3) is 0 Å². The van der Waals surface area contributed by atoms with Gasteiger partial charge in [0, 0.05) is 5.33 Å². The molecule has 90 valence electrons. The first-order chi connectivity index (χ1) is 7.41. The number of unbranched alkanes of at least 4 members (excludes halogenated alkanes) is 7. The van der Waals surface area contributed by atoms with Crippen molar-refractivity contribution < 1.29 is 0 Å². The highest BCUT2D eigenvalue weighted by Gasteiger charge is 1.88. The van der Waals surface area contributed by atoms with E-state index in [4.69, 9.17) is 5.73 Å². The highest BCUT2D eigenvalue weighted by molar-refractivity contribution is 9.09. The molecular weight excluding hydrogens is 250 g/mol. The number of alkyl halides is 1. The van der Waals surface area contributed by atoms with E-state index in [0.717, 1.165) is 18.3 Å². The lowest BCUT2D eigenvalue weighted by Crippen LogP contribution is -1.96. The van der Waals surface area contributed by atoms with E-state index in [1.807, 2.05) is 0 Å². The summed E-state index contributed by atoms with van der Waals surface area (Å²) in [5, 5.41) is 1.16. The number of hydrogen-bond donors (Lipinski definition) is 1. The van der Waals surface area contributed by atoms with Gasteiger partial charge in [-0.1, -0.05) is 47.3 Å². The normalized spacial score (nSPS) is 11.3. The minimum Gasteiger partial charge on any atom is -0.330 e. The summed E-state index contributed by atoms with van der Waals surface area (Å²) in [5.41, 5.74) is 5.42. The van der Waals surface area contributed by atoms with Crippen LogP contribution in [-0.4, -0.2) is 11.9 Å². The summed E-state index contributed by atoms with van der Waals surface area (Å²) in [6, 6.07) is 0. The van der Waals surface area contributed by atoms with Gasteiger partial charge in [0.1, 0.15) is 0 Å². The topological polar surface area (TPSA) is 26.0 Å². The van der Waals surface area contributed by atoms with Crippen molar-refractivity contribution in [1.29, 1.82) is 0 Å². The predicted molar refractivity (Wildman–Crippen MR) is 73.5 cm³/mol. The van der Waals surface area contributed by atoms with Crippen molar-refractivity contribution >= 4 is 15.9 Å². The van der Waals surface area contributed by atoms with Crippen LogP contribution in [0.2, 0.25) is 0 Å². The molecular formula is C13H26BrN. The summed E-state index contributed by atoms with van der Waals surface area (Å²) >= 11 is 3.45. The summed E-state index contributed by atoms with van der Waals surface area (Å²) in [4.78, 5) is 0. The number of nitrogens with two attached hydrogens (primary N) is 1. The molecule has 0 aromatic carbocycles. The second kappa shape index (κ2) is 14.2. The zero-order chi connectivity index (χ0) is 11.2. The van der Waals surface area contributed by atoms with Crippen molar-refractivity contribution in [3.63, 3.8) is 0 Å². The fraction of sp³-hybridized carbons (Fsp3) is 0.846. The van der Waals surface area contributed by atoms with E-state index >= 15 is 0 Å². The number of rotatable bonds is 11. The van der Waals surface area contributed by atoms with Gasteiger partial charge in [0.05, 0.1) is 0 Å². The Hall–Kier alpha value is 0.180. The first kappa shape index (κ1) is 15.2. The highest BCUT2D eigenvalue weighted by Crippen LogP contribution is 2.07. The van der Waals surface area contributed by atoms with Crippen LogP contribution in [0.15, 0.2) is 12.2 Å². The van der Waals surface area contributed by atoms with Crippen LogP contribution >= 0.6 is 15.9 Å². The second-order valence-corrected chi connectivity index (χ2v) is 4.79. The molecule has 0 bridgehead atoms. The molecule has 0 unspecified atom stereocenters. The highest BCUT2D eigenvalue weighted by atomic mass is 79.9. The zero-order valence-corrected chi connectivity index (χ0v) is 11.5. The van der Waals surface area contributed by atoms with E-state index in [0.29, 0.717) is 0 Å². The van der Waals surface area contributed by atoms with Crippen molar-refractivity contribution in [3.8, 4) is 0 Å². The Labute approximate surface area is 104 Å². The first-order valence-corrected chi connectivity index (χ1v) is 7.45. The molecule has 0 radical (unpaired) electrons. The lowest BCUT2D eigenvalue weighted by molar-refractivity contribution is 0.640. The maximum atomic E-state index is 5.42. The first-order valence-electron chi connectivity index (χ1n) is 6.33. The Morgan fingerprint density at radius 1 is 0.733 bits per heavy atom. The lowest BCUT2D eigenvalue weighted by atomic mass is 10.1. The molecule has 0 saturated heterocycles. The van der Waals surface area contributed by atoms with Crippen molar-refractivity contribution in [2.24, 2.45) is 5.73 Å². The molecule has 2 N–H and O–H groups in total. The predicted octanol–water partition coefficient (Wildman–Crippen LogP) is 4.41. The van der Waals surface area contributed by atoms with Gasteiger partial charge in [0.25, 0.3) is 0 Å². The van der Waals surface area contributed by atoms with Crippen LogP contribution < -0.4 is 5.73 Å². The fourth-order valence-corrected chi connectivity index (χ4v) is 1.93. The summed E-state index contributed by atoms with van der Waals surface area (Å²) in [6.45, 7) is 0.835. The molecule has 15 heavy (non-hydrogen) atoms. The molecule has 0 heterocycles. The summed E-state index contributed by atoms with van der Waals surface area (Å²) < 4.78 is 0. The third kappa shape index (κ3) is 14.2. The van der Waals surface area contributed by atoms with Crippen molar-refractivity contribution in [2.45, 2.75) is 57.8 Å². The van der Waals surface area contributed by atoms with Gasteiger partial charge in [0.2, 0.25) is 0 Å². The van der Waals surface area contributed by atoms with Gasteiger partial charge >= 0.3 is 0 Å². The minimum absolute atomic E-state index is 0.835. The number of hydrogen-bond acceptors (Lipinski definition) is 1. The Morgan fingerprint density at radius 2 is 1.27 bits per heavy atom. The molecule has 0 aliphatic heterocycles. The molecule has 1 nitrogen and oxygen atoms in total. The van der Waals surface area contributed by atoms with Gasteiger partial charge in [0.15, 0.2) is 0 Å². The van der Waals surface area contributed by atoms with Gasteiger partial charge in [-0.3, -0.25) is 0 Å². The minimum atomic E-state index is 0.835. The number of allylic oxidation sites excluding steroid dienone is 2. The van der Waals surface area contributed by atoms with E-state index in [1.165, 1.54) is 51.4 Å². The van der Waals surface area contributed by atoms with Crippen molar-refractivity contribution in [3.05, 3.63) is 12.2 Å². The zero-order valence-electron chi connectivity index (χ0n) is 9.89. The Balaban J connectivity index is 2.96. The lowest BCUT2D eigenvalue weighted by Gasteiger charge is -1.97. The summed E-state index contributed by atoms with van der Waals surface area (Å²) in [7, 11) is 0. The van der Waals surface area contributed by atoms with Crippen LogP contribution in [0, 0.1) is 0 Å². The molecule has 0 aromatic rings. The molecule has 0 fully saturated rings. The average Bonchev–Trinajstić information content (AvgIpc) is 2.26. The Bertz CT molecular complexity index is 134. The maximum absolute atomic E-state index is 5.42. The summed E-state index contributed by atoms with van der Waals surface area (Å²) in [6.07, 6.45) is 16.4. The van der Waals surface area contributed by atoms with Crippen LogP contribution in [0.3, 0.4) is 0 Å².